The van der Waals surface area contributed by atoms with Gasteiger partial charge >= 0.3 is 5.97 Å². The first-order valence-corrected chi connectivity index (χ1v) is 10.2. The van der Waals surface area contributed by atoms with Crippen LogP contribution in [0.25, 0.3) is 0 Å². The summed E-state index contributed by atoms with van der Waals surface area (Å²) in [6, 6.07) is 0. The van der Waals surface area contributed by atoms with Crippen LogP contribution in [-0.2, 0) is 9.53 Å². The minimum absolute atomic E-state index is 0.257. The van der Waals surface area contributed by atoms with Crippen LogP contribution < -0.4 is 0 Å². The van der Waals surface area contributed by atoms with Gasteiger partial charge in [-0.2, -0.15) is 0 Å². The van der Waals surface area contributed by atoms with Crippen molar-refractivity contribution in [3.05, 3.63) is 12.2 Å². The third-order valence-corrected chi connectivity index (χ3v) is 5.33. The fourth-order valence-corrected chi connectivity index (χ4v) is 3.01. The molecule has 2 unspecified atom stereocenters. The molecular formula is C22H42O2. The highest BCUT2D eigenvalue weighted by Crippen LogP contribution is 2.25. The molecule has 0 bridgehead atoms. The van der Waals surface area contributed by atoms with Crippen LogP contribution in [0.4, 0.5) is 0 Å². The Bertz CT molecular complexity index is 333. The van der Waals surface area contributed by atoms with Crippen molar-refractivity contribution in [3.63, 3.8) is 0 Å². The lowest BCUT2D eigenvalue weighted by atomic mass is 9.83. The van der Waals surface area contributed by atoms with E-state index in [-0.39, 0.29) is 5.97 Å². The van der Waals surface area contributed by atoms with E-state index in [1.54, 1.807) is 6.92 Å². The molecule has 0 rings (SSSR count). The Morgan fingerprint density at radius 1 is 0.833 bits per heavy atom. The standard InChI is InChI=1S/C22H42O2/c1-18(2)21(6)20(5)16-14-12-10-8-7-9-11-13-15-17-24-22(23)19(3)4/h18,20-21H,3,7-17H2,1-2,4-6H3. The second-order valence-corrected chi connectivity index (χ2v) is 7.97. The molecule has 0 spiro atoms. The summed E-state index contributed by atoms with van der Waals surface area (Å²) in [5.74, 6) is 2.26. The van der Waals surface area contributed by atoms with E-state index in [1.165, 1.54) is 51.4 Å². The zero-order chi connectivity index (χ0) is 18.4. The number of hydrogen-bond donors (Lipinski definition) is 0. The van der Waals surface area contributed by atoms with Gasteiger partial charge in [0.05, 0.1) is 6.61 Å². The topological polar surface area (TPSA) is 26.3 Å². The molecule has 2 atom stereocenters. The van der Waals surface area contributed by atoms with Crippen molar-refractivity contribution in [3.8, 4) is 0 Å². The smallest absolute Gasteiger partial charge is 0.333 e. The SMILES string of the molecule is C=C(C)C(=O)OCCCCCCCCCCCC(C)C(C)C(C)C. The Morgan fingerprint density at radius 3 is 1.75 bits per heavy atom. The monoisotopic (exact) mass is 338 g/mol. The number of esters is 1. The van der Waals surface area contributed by atoms with Crippen molar-refractivity contribution < 1.29 is 9.53 Å². The summed E-state index contributed by atoms with van der Waals surface area (Å²) in [6.45, 7) is 15.3. The van der Waals surface area contributed by atoms with Gasteiger partial charge in [0.25, 0.3) is 0 Å². The first kappa shape index (κ1) is 23.2. The molecule has 0 aliphatic rings. The molecular weight excluding hydrogens is 296 g/mol. The summed E-state index contributed by atoms with van der Waals surface area (Å²) in [5.41, 5.74) is 0.489. The summed E-state index contributed by atoms with van der Waals surface area (Å²) in [5, 5.41) is 0. The van der Waals surface area contributed by atoms with Gasteiger partial charge in [-0.3, -0.25) is 0 Å². The Labute approximate surface area is 151 Å². The van der Waals surface area contributed by atoms with Crippen LogP contribution in [0.15, 0.2) is 12.2 Å². The van der Waals surface area contributed by atoms with E-state index in [9.17, 15) is 4.79 Å². The highest BCUT2D eigenvalue weighted by molar-refractivity contribution is 5.86. The van der Waals surface area contributed by atoms with Gasteiger partial charge < -0.3 is 4.74 Å². The Hall–Kier alpha value is -0.790. The van der Waals surface area contributed by atoms with Crippen molar-refractivity contribution >= 4 is 5.97 Å². The molecule has 0 aromatic carbocycles. The molecule has 0 radical (unpaired) electrons. The second-order valence-electron chi connectivity index (χ2n) is 7.97. The van der Waals surface area contributed by atoms with Crippen LogP contribution in [0.2, 0.25) is 0 Å². The average Bonchev–Trinajstić information content (AvgIpc) is 2.54. The van der Waals surface area contributed by atoms with Crippen molar-refractivity contribution in [2.75, 3.05) is 6.61 Å². The lowest BCUT2D eigenvalue weighted by molar-refractivity contribution is -0.139. The molecule has 2 nitrogen and oxygen atoms in total. The Morgan fingerprint density at radius 2 is 1.29 bits per heavy atom. The van der Waals surface area contributed by atoms with Crippen LogP contribution >= 0.6 is 0 Å². The zero-order valence-electron chi connectivity index (χ0n) is 17.0. The van der Waals surface area contributed by atoms with Crippen molar-refractivity contribution in [2.24, 2.45) is 17.8 Å². The maximum absolute atomic E-state index is 11.2. The molecule has 2 heteroatoms. The number of unbranched alkanes of at least 4 members (excludes halogenated alkanes) is 8. The maximum Gasteiger partial charge on any atom is 0.333 e. The number of ether oxygens (including phenoxy) is 1. The van der Waals surface area contributed by atoms with Crippen LogP contribution in [0.1, 0.15) is 98.8 Å². The highest BCUT2D eigenvalue weighted by atomic mass is 16.5. The van der Waals surface area contributed by atoms with Crippen LogP contribution in [-0.4, -0.2) is 12.6 Å². The zero-order valence-corrected chi connectivity index (χ0v) is 17.0. The molecule has 142 valence electrons. The number of carbonyl (C=O) groups excluding carboxylic acids is 1. The fraction of sp³-hybridized carbons (Fsp3) is 0.864. The molecule has 0 heterocycles. The molecule has 0 aromatic rings. The first-order chi connectivity index (χ1) is 11.4. The first-order valence-electron chi connectivity index (χ1n) is 10.2. The molecule has 0 aliphatic carbocycles. The highest BCUT2D eigenvalue weighted by Gasteiger charge is 2.14. The van der Waals surface area contributed by atoms with Gasteiger partial charge in [0, 0.05) is 5.57 Å². The molecule has 0 aliphatic heterocycles. The third-order valence-electron chi connectivity index (χ3n) is 5.33. The van der Waals surface area contributed by atoms with Crippen molar-refractivity contribution in [1.82, 2.24) is 0 Å². The molecule has 0 saturated heterocycles. The molecule has 0 fully saturated rings. The van der Waals surface area contributed by atoms with Gasteiger partial charge in [0.1, 0.15) is 0 Å². The fourth-order valence-electron chi connectivity index (χ4n) is 3.01. The number of hydrogen-bond acceptors (Lipinski definition) is 2. The molecule has 24 heavy (non-hydrogen) atoms. The Balaban J connectivity index is 3.29. The van der Waals surface area contributed by atoms with Crippen molar-refractivity contribution in [1.29, 1.82) is 0 Å². The summed E-state index contributed by atoms with van der Waals surface area (Å²) in [6.07, 6.45) is 13.0. The Kier molecular flexibility index (Phi) is 14.1. The lowest BCUT2D eigenvalue weighted by Gasteiger charge is -2.23. The second kappa shape index (κ2) is 14.5. The number of carbonyl (C=O) groups is 1. The minimum Gasteiger partial charge on any atom is -0.462 e. The average molecular weight is 339 g/mol. The quantitative estimate of drug-likeness (QED) is 0.184. The van der Waals surface area contributed by atoms with E-state index >= 15 is 0 Å². The van der Waals surface area contributed by atoms with Gasteiger partial charge in [-0.15, -0.1) is 0 Å². The van der Waals surface area contributed by atoms with Crippen molar-refractivity contribution in [2.45, 2.75) is 98.8 Å². The molecule has 0 N–H and O–H groups in total. The normalized spacial score (nSPS) is 13.8. The van der Waals surface area contributed by atoms with E-state index in [0.717, 1.165) is 30.6 Å². The molecule has 0 saturated carbocycles. The summed E-state index contributed by atoms with van der Waals surface area (Å²) >= 11 is 0. The predicted octanol–water partition coefficient (Wildman–Crippen LogP) is 6.93. The third kappa shape index (κ3) is 12.6. The van der Waals surface area contributed by atoms with E-state index in [1.807, 2.05) is 0 Å². The lowest BCUT2D eigenvalue weighted by Crippen LogP contribution is -2.14. The number of rotatable bonds is 15. The van der Waals surface area contributed by atoms with E-state index in [0.29, 0.717) is 12.2 Å². The van der Waals surface area contributed by atoms with Crippen LogP contribution in [0.3, 0.4) is 0 Å². The maximum atomic E-state index is 11.2. The van der Waals surface area contributed by atoms with Gasteiger partial charge in [0.2, 0.25) is 0 Å². The largest absolute Gasteiger partial charge is 0.462 e. The van der Waals surface area contributed by atoms with E-state index in [2.05, 4.69) is 34.3 Å². The molecule has 0 aromatic heterocycles. The van der Waals surface area contributed by atoms with Crippen LogP contribution in [0, 0.1) is 17.8 Å². The molecule has 0 amide bonds. The van der Waals surface area contributed by atoms with Crippen LogP contribution in [0.5, 0.6) is 0 Å². The van der Waals surface area contributed by atoms with Gasteiger partial charge in [-0.25, -0.2) is 4.79 Å². The van der Waals surface area contributed by atoms with Gasteiger partial charge in [-0.1, -0.05) is 92.1 Å². The summed E-state index contributed by atoms with van der Waals surface area (Å²) < 4.78 is 5.09. The van der Waals surface area contributed by atoms with E-state index < -0.39 is 0 Å². The predicted molar refractivity (Wildman–Crippen MR) is 105 cm³/mol. The summed E-state index contributed by atoms with van der Waals surface area (Å²) in [4.78, 5) is 11.2. The van der Waals surface area contributed by atoms with Gasteiger partial charge in [-0.05, 0) is 31.1 Å². The van der Waals surface area contributed by atoms with Gasteiger partial charge in [0.15, 0.2) is 0 Å². The summed E-state index contributed by atoms with van der Waals surface area (Å²) in [7, 11) is 0. The minimum atomic E-state index is -0.257. The van der Waals surface area contributed by atoms with E-state index in [4.69, 9.17) is 4.74 Å².